The van der Waals surface area contributed by atoms with Gasteiger partial charge in [0.2, 0.25) is 16.8 Å². The molecule has 0 amide bonds. The van der Waals surface area contributed by atoms with Gasteiger partial charge in [0.1, 0.15) is 0 Å². The molecule has 2 aliphatic heterocycles. The van der Waals surface area contributed by atoms with Crippen LogP contribution in [-0.4, -0.2) is 39.7 Å². The van der Waals surface area contributed by atoms with Crippen LogP contribution >= 0.6 is 11.6 Å². The molecule has 1 atom stereocenters. The van der Waals surface area contributed by atoms with E-state index in [2.05, 4.69) is 9.62 Å². The lowest BCUT2D eigenvalue weighted by molar-refractivity contribution is 0.174. The summed E-state index contributed by atoms with van der Waals surface area (Å²) >= 11 is 6.15. The van der Waals surface area contributed by atoms with Crippen molar-refractivity contribution in [3.8, 4) is 11.5 Å². The number of nitrogens with zero attached hydrogens (tertiary/aromatic N) is 1. The molecule has 1 saturated heterocycles. The van der Waals surface area contributed by atoms with Crippen molar-refractivity contribution in [1.29, 1.82) is 0 Å². The number of sulfonamides is 1. The molecule has 144 valence electrons. The van der Waals surface area contributed by atoms with E-state index in [-0.39, 0.29) is 24.3 Å². The lowest BCUT2D eigenvalue weighted by atomic mass is 10.1. The fourth-order valence-corrected chi connectivity index (χ4v) is 4.79. The van der Waals surface area contributed by atoms with E-state index in [1.165, 1.54) is 12.1 Å². The van der Waals surface area contributed by atoms with Crippen molar-refractivity contribution in [3.63, 3.8) is 0 Å². The van der Waals surface area contributed by atoms with Crippen molar-refractivity contribution in [2.75, 3.05) is 26.4 Å². The van der Waals surface area contributed by atoms with Gasteiger partial charge in [0, 0.05) is 23.7 Å². The molecule has 8 heteroatoms. The number of fused-ring (bicyclic) bond motifs is 1. The quantitative estimate of drug-likeness (QED) is 0.795. The summed E-state index contributed by atoms with van der Waals surface area (Å²) in [4.78, 5) is 2.46. The zero-order chi connectivity index (χ0) is 18.9. The molecule has 0 aliphatic carbocycles. The SMILES string of the molecule is O=S(=O)(NC[C@H](c1cccc(Cl)c1)N1CCCC1)c1ccc2c(c1)OCO2. The molecule has 6 nitrogen and oxygen atoms in total. The van der Waals surface area contributed by atoms with E-state index >= 15 is 0 Å². The number of halogens is 1. The van der Waals surface area contributed by atoms with Crippen LogP contribution in [-0.2, 0) is 10.0 Å². The van der Waals surface area contributed by atoms with Crippen molar-refractivity contribution < 1.29 is 17.9 Å². The van der Waals surface area contributed by atoms with Crippen molar-refractivity contribution in [2.24, 2.45) is 0 Å². The molecule has 2 aromatic carbocycles. The Labute approximate surface area is 164 Å². The maximum absolute atomic E-state index is 12.8. The van der Waals surface area contributed by atoms with Crippen molar-refractivity contribution >= 4 is 21.6 Å². The summed E-state index contributed by atoms with van der Waals surface area (Å²) in [5.74, 6) is 1.01. The molecular formula is C19H21ClN2O4S. The monoisotopic (exact) mass is 408 g/mol. The molecule has 1 N–H and O–H groups in total. The van der Waals surface area contributed by atoms with Crippen LogP contribution in [0.15, 0.2) is 47.4 Å². The van der Waals surface area contributed by atoms with Crippen LogP contribution in [0.5, 0.6) is 11.5 Å². The van der Waals surface area contributed by atoms with Gasteiger partial charge in [-0.2, -0.15) is 0 Å². The van der Waals surface area contributed by atoms with Gasteiger partial charge in [-0.1, -0.05) is 23.7 Å². The van der Waals surface area contributed by atoms with Gasteiger partial charge in [-0.05, 0) is 55.8 Å². The van der Waals surface area contributed by atoms with Crippen molar-refractivity contribution in [2.45, 2.75) is 23.8 Å². The highest BCUT2D eigenvalue weighted by Crippen LogP contribution is 2.34. The molecule has 2 aromatic rings. The maximum atomic E-state index is 12.8. The van der Waals surface area contributed by atoms with Gasteiger partial charge >= 0.3 is 0 Å². The Bertz CT molecular complexity index is 929. The topological polar surface area (TPSA) is 67.9 Å². The number of rotatable bonds is 6. The minimum Gasteiger partial charge on any atom is -0.454 e. The summed E-state index contributed by atoms with van der Waals surface area (Å²) in [5, 5.41) is 0.648. The zero-order valence-electron chi connectivity index (χ0n) is 14.7. The number of hydrogen-bond acceptors (Lipinski definition) is 5. The predicted molar refractivity (Wildman–Crippen MR) is 103 cm³/mol. The third kappa shape index (κ3) is 4.06. The van der Waals surface area contributed by atoms with Gasteiger partial charge in [0.05, 0.1) is 4.90 Å². The van der Waals surface area contributed by atoms with E-state index in [4.69, 9.17) is 21.1 Å². The standard InChI is InChI=1S/C19H21ClN2O4S/c20-15-5-3-4-14(10-15)17(22-8-1-2-9-22)12-21-27(23,24)16-6-7-18-19(11-16)26-13-25-18/h3-7,10-11,17,21H,1-2,8-9,12-13H2/t17-/m1/s1. The first-order valence-electron chi connectivity index (χ1n) is 8.92. The molecule has 1 fully saturated rings. The fourth-order valence-electron chi connectivity index (χ4n) is 3.54. The first-order chi connectivity index (χ1) is 13.0. The van der Waals surface area contributed by atoms with Crippen LogP contribution in [0.2, 0.25) is 5.02 Å². The van der Waals surface area contributed by atoms with E-state index in [0.29, 0.717) is 16.5 Å². The summed E-state index contributed by atoms with van der Waals surface area (Å²) in [7, 11) is -3.67. The molecule has 2 aliphatic rings. The second-order valence-electron chi connectivity index (χ2n) is 6.68. The number of hydrogen-bond donors (Lipinski definition) is 1. The molecule has 0 aromatic heterocycles. The minimum atomic E-state index is -3.67. The molecule has 0 saturated carbocycles. The van der Waals surface area contributed by atoms with Crippen LogP contribution in [0.1, 0.15) is 24.4 Å². The molecule has 0 unspecified atom stereocenters. The first-order valence-corrected chi connectivity index (χ1v) is 10.8. The zero-order valence-corrected chi connectivity index (χ0v) is 16.3. The number of benzene rings is 2. The van der Waals surface area contributed by atoms with E-state index in [0.717, 1.165) is 31.5 Å². The second kappa shape index (κ2) is 7.67. The molecule has 0 radical (unpaired) electrons. The molecule has 27 heavy (non-hydrogen) atoms. The Morgan fingerprint density at radius 3 is 2.63 bits per heavy atom. The Balaban J connectivity index is 1.54. The van der Waals surface area contributed by atoms with Gasteiger partial charge in [-0.25, -0.2) is 13.1 Å². The van der Waals surface area contributed by atoms with Crippen LogP contribution < -0.4 is 14.2 Å². The molecule has 0 bridgehead atoms. The maximum Gasteiger partial charge on any atom is 0.240 e. The van der Waals surface area contributed by atoms with Crippen LogP contribution in [0.3, 0.4) is 0 Å². The largest absolute Gasteiger partial charge is 0.454 e. The summed E-state index contributed by atoms with van der Waals surface area (Å²) in [6, 6.07) is 12.2. The third-order valence-electron chi connectivity index (χ3n) is 4.94. The highest BCUT2D eigenvalue weighted by Gasteiger charge is 2.26. The number of likely N-dealkylation sites (tertiary alicyclic amines) is 1. The normalized spacial score (nSPS) is 18.0. The molecule has 4 rings (SSSR count). The predicted octanol–water partition coefficient (Wildman–Crippen LogP) is 3.18. The number of nitrogens with one attached hydrogen (secondary N) is 1. The lowest BCUT2D eigenvalue weighted by Crippen LogP contribution is -2.36. The van der Waals surface area contributed by atoms with Gasteiger partial charge in [0.15, 0.2) is 11.5 Å². The summed E-state index contributed by atoms with van der Waals surface area (Å²) in [6.45, 7) is 2.28. The van der Waals surface area contributed by atoms with Crippen LogP contribution in [0.4, 0.5) is 0 Å². The van der Waals surface area contributed by atoms with Gasteiger partial charge in [0.25, 0.3) is 0 Å². The van der Waals surface area contributed by atoms with E-state index in [1.54, 1.807) is 6.07 Å². The number of ether oxygens (including phenoxy) is 2. The Morgan fingerprint density at radius 2 is 1.85 bits per heavy atom. The van der Waals surface area contributed by atoms with Gasteiger partial charge in [-0.3, -0.25) is 4.90 Å². The fraction of sp³-hybridized carbons (Fsp3) is 0.368. The Hall–Kier alpha value is -1.80. The highest BCUT2D eigenvalue weighted by atomic mass is 35.5. The Kier molecular flexibility index (Phi) is 5.27. The summed E-state index contributed by atoms with van der Waals surface area (Å²) in [5.41, 5.74) is 1.01. The van der Waals surface area contributed by atoms with E-state index in [9.17, 15) is 8.42 Å². The first kappa shape index (κ1) is 18.6. The average Bonchev–Trinajstić information content (AvgIpc) is 3.33. The van der Waals surface area contributed by atoms with Gasteiger partial charge < -0.3 is 9.47 Å². The Morgan fingerprint density at radius 1 is 1.07 bits per heavy atom. The summed E-state index contributed by atoms with van der Waals surface area (Å²) < 4.78 is 38.9. The van der Waals surface area contributed by atoms with E-state index in [1.807, 2.05) is 24.3 Å². The molecule has 2 heterocycles. The third-order valence-corrected chi connectivity index (χ3v) is 6.59. The lowest BCUT2D eigenvalue weighted by Gasteiger charge is -2.28. The summed E-state index contributed by atoms with van der Waals surface area (Å²) in [6.07, 6.45) is 2.23. The highest BCUT2D eigenvalue weighted by molar-refractivity contribution is 7.89. The van der Waals surface area contributed by atoms with E-state index < -0.39 is 10.0 Å². The van der Waals surface area contributed by atoms with Crippen molar-refractivity contribution in [1.82, 2.24) is 9.62 Å². The minimum absolute atomic E-state index is 0.0602. The van der Waals surface area contributed by atoms with Gasteiger partial charge in [-0.15, -0.1) is 0 Å². The van der Waals surface area contributed by atoms with Crippen molar-refractivity contribution in [3.05, 3.63) is 53.1 Å². The average molecular weight is 409 g/mol. The molecule has 0 spiro atoms. The smallest absolute Gasteiger partial charge is 0.240 e. The van der Waals surface area contributed by atoms with Crippen LogP contribution in [0, 0.1) is 0 Å². The molecular weight excluding hydrogens is 388 g/mol. The second-order valence-corrected chi connectivity index (χ2v) is 8.88. The van der Waals surface area contributed by atoms with Crippen LogP contribution in [0.25, 0.3) is 0 Å².